The minimum absolute atomic E-state index is 0.234. The third kappa shape index (κ3) is 3.45. The quantitative estimate of drug-likeness (QED) is 0.745. The topological polar surface area (TPSA) is 58.4 Å². The zero-order valence-corrected chi connectivity index (χ0v) is 11.5. The molecule has 0 aromatic heterocycles. The van der Waals surface area contributed by atoms with Crippen LogP contribution < -0.4 is 11.1 Å². The molecule has 3 unspecified atom stereocenters. The van der Waals surface area contributed by atoms with Gasteiger partial charge in [-0.3, -0.25) is 9.69 Å². The van der Waals surface area contributed by atoms with Crippen molar-refractivity contribution in [3.8, 4) is 0 Å². The van der Waals surface area contributed by atoms with Crippen LogP contribution in [0.1, 0.15) is 45.4 Å². The largest absolute Gasteiger partial charge is 0.352 e. The summed E-state index contributed by atoms with van der Waals surface area (Å²) in [7, 11) is 0. The maximum atomic E-state index is 11.9. The summed E-state index contributed by atoms with van der Waals surface area (Å²) in [6.45, 7) is 5.29. The van der Waals surface area contributed by atoms with Gasteiger partial charge in [0.2, 0.25) is 5.91 Å². The molecule has 18 heavy (non-hydrogen) atoms. The van der Waals surface area contributed by atoms with E-state index >= 15 is 0 Å². The first-order valence-electron chi connectivity index (χ1n) is 7.44. The van der Waals surface area contributed by atoms with Crippen LogP contribution in [-0.4, -0.2) is 42.5 Å². The van der Waals surface area contributed by atoms with E-state index < -0.39 is 0 Å². The lowest BCUT2D eigenvalue weighted by Gasteiger charge is -2.21. The Morgan fingerprint density at radius 3 is 3.00 bits per heavy atom. The molecule has 3 N–H and O–H groups in total. The van der Waals surface area contributed by atoms with Crippen LogP contribution in [0.25, 0.3) is 0 Å². The van der Waals surface area contributed by atoms with Gasteiger partial charge >= 0.3 is 0 Å². The monoisotopic (exact) mass is 253 g/mol. The highest BCUT2D eigenvalue weighted by atomic mass is 16.1. The van der Waals surface area contributed by atoms with Gasteiger partial charge in [0.25, 0.3) is 0 Å². The Labute approximate surface area is 110 Å². The number of hydrogen-bond acceptors (Lipinski definition) is 3. The summed E-state index contributed by atoms with van der Waals surface area (Å²) < 4.78 is 0. The molecule has 4 heteroatoms. The Morgan fingerprint density at radius 1 is 1.39 bits per heavy atom. The number of nitrogens with one attached hydrogen (secondary N) is 1. The average Bonchev–Trinajstić information content (AvgIpc) is 2.92. The molecule has 0 bridgehead atoms. The average molecular weight is 253 g/mol. The predicted octanol–water partition coefficient (Wildman–Crippen LogP) is 1.10. The molecule has 2 saturated heterocycles. The zero-order chi connectivity index (χ0) is 13.0. The second kappa shape index (κ2) is 6.53. The highest BCUT2D eigenvalue weighted by Gasteiger charge is 2.37. The van der Waals surface area contributed by atoms with E-state index in [1.54, 1.807) is 0 Å². The summed E-state index contributed by atoms with van der Waals surface area (Å²) in [6.07, 6.45) is 6.33. The third-order valence-corrected chi connectivity index (χ3v) is 4.48. The normalized spacial score (nSPS) is 29.2. The van der Waals surface area contributed by atoms with Crippen LogP contribution in [0.2, 0.25) is 0 Å². The maximum absolute atomic E-state index is 11.9. The summed E-state index contributed by atoms with van der Waals surface area (Å²) in [5.74, 6) is 0.796. The molecule has 0 spiro atoms. The van der Waals surface area contributed by atoms with Crippen LogP contribution in [0.3, 0.4) is 0 Å². The van der Waals surface area contributed by atoms with Crippen LogP contribution in [0.15, 0.2) is 0 Å². The van der Waals surface area contributed by atoms with Crippen LogP contribution >= 0.6 is 0 Å². The fraction of sp³-hybridized carbons (Fsp3) is 0.929. The van der Waals surface area contributed by atoms with Crippen molar-refractivity contribution in [2.75, 3.05) is 19.6 Å². The molecular formula is C14H27N3O. The van der Waals surface area contributed by atoms with Crippen molar-refractivity contribution in [1.29, 1.82) is 0 Å². The highest BCUT2D eigenvalue weighted by Crippen LogP contribution is 2.27. The predicted molar refractivity (Wildman–Crippen MR) is 73.2 cm³/mol. The van der Waals surface area contributed by atoms with Gasteiger partial charge in [-0.05, 0) is 51.1 Å². The van der Waals surface area contributed by atoms with Gasteiger partial charge in [-0.2, -0.15) is 0 Å². The number of fused-ring (bicyclic) bond motifs is 1. The van der Waals surface area contributed by atoms with Crippen molar-refractivity contribution in [3.05, 3.63) is 0 Å². The molecule has 0 aromatic rings. The SMILES string of the molecule is CC(CCN)CCC(=O)NC1CCN2CCCC12. The van der Waals surface area contributed by atoms with Crippen molar-refractivity contribution in [1.82, 2.24) is 10.2 Å². The molecule has 0 aliphatic carbocycles. The summed E-state index contributed by atoms with van der Waals surface area (Å²) >= 11 is 0. The zero-order valence-electron chi connectivity index (χ0n) is 11.5. The summed E-state index contributed by atoms with van der Waals surface area (Å²) in [6, 6.07) is 1.03. The van der Waals surface area contributed by atoms with E-state index in [-0.39, 0.29) is 5.91 Å². The third-order valence-electron chi connectivity index (χ3n) is 4.48. The van der Waals surface area contributed by atoms with Crippen LogP contribution in [0.5, 0.6) is 0 Å². The summed E-state index contributed by atoms with van der Waals surface area (Å²) in [5.41, 5.74) is 5.52. The van der Waals surface area contributed by atoms with E-state index in [1.807, 2.05) is 0 Å². The Hall–Kier alpha value is -0.610. The maximum Gasteiger partial charge on any atom is 0.220 e. The molecule has 2 heterocycles. The molecule has 104 valence electrons. The molecular weight excluding hydrogens is 226 g/mol. The van der Waals surface area contributed by atoms with E-state index in [9.17, 15) is 4.79 Å². The van der Waals surface area contributed by atoms with Crippen molar-refractivity contribution >= 4 is 5.91 Å². The fourth-order valence-corrected chi connectivity index (χ4v) is 3.34. The van der Waals surface area contributed by atoms with E-state index in [2.05, 4.69) is 17.1 Å². The Balaban J connectivity index is 1.68. The number of nitrogens with two attached hydrogens (primary N) is 1. The van der Waals surface area contributed by atoms with Crippen LogP contribution in [0.4, 0.5) is 0 Å². The highest BCUT2D eigenvalue weighted by molar-refractivity contribution is 5.76. The van der Waals surface area contributed by atoms with E-state index in [1.165, 1.54) is 25.9 Å². The first-order valence-corrected chi connectivity index (χ1v) is 7.44. The van der Waals surface area contributed by atoms with Gasteiger partial charge < -0.3 is 11.1 Å². The summed E-state index contributed by atoms with van der Waals surface area (Å²) in [5, 5.41) is 3.24. The van der Waals surface area contributed by atoms with Crippen molar-refractivity contribution in [2.45, 2.75) is 57.5 Å². The van der Waals surface area contributed by atoms with E-state index in [4.69, 9.17) is 5.73 Å². The Morgan fingerprint density at radius 2 is 2.22 bits per heavy atom. The Bertz CT molecular complexity index is 282. The molecule has 2 aliphatic rings. The number of nitrogens with zero attached hydrogens (tertiary/aromatic N) is 1. The van der Waals surface area contributed by atoms with Crippen molar-refractivity contribution < 1.29 is 4.79 Å². The van der Waals surface area contributed by atoms with Gasteiger partial charge in [0, 0.05) is 25.0 Å². The molecule has 2 fully saturated rings. The molecule has 0 saturated carbocycles. The van der Waals surface area contributed by atoms with Gasteiger partial charge in [-0.1, -0.05) is 6.92 Å². The number of amides is 1. The molecule has 1 amide bonds. The lowest BCUT2D eigenvalue weighted by molar-refractivity contribution is -0.122. The smallest absolute Gasteiger partial charge is 0.220 e. The lowest BCUT2D eigenvalue weighted by atomic mass is 10.0. The molecule has 2 aliphatic heterocycles. The second-order valence-electron chi connectivity index (χ2n) is 5.93. The van der Waals surface area contributed by atoms with E-state index in [0.717, 1.165) is 25.8 Å². The Kier molecular flexibility index (Phi) is 5.01. The first-order chi connectivity index (χ1) is 8.70. The van der Waals surface area contributed by atoms with Gasteiger partial charge in [-0.25, -0.2) is 0 Å². The number of carbonyl (C=O) groups excluding carboxylic acids is 1. The molecule has 3 atom stereocenters. The molecule has 0 radical (unpaired) electrons. The molecule has 0 aromatic carbocycles. The molecule has 4 nitrogen and oxygen atoms in total. The number of rotatable bonds is 6. The second-order valence-corrected chi connectivity index (χ2v) is 5.93. The lowest BCUT2D eigenvalue weighted by Crippen LogP contribution is -2.42. The van der Waals surface area contributed by atoms with Gasteiger partial charge in [0.05, 0.1) is 0 Å². The van der Waals surface area contributed by atoms with Crippen molar-refractivity contribution in [3.63, 3.8) is 0 Å². The minimum atomic E-state index is 0.234. The number of carbonyl (C=O) groups is 1. The van der Waals surface area contributed by atoms with Gasteiger partial charge in [-0.15, -0.1) is 0 Å². The van der Waals surface area contributed by atoms with Gasteiger partial charge in [0.15, 0.2) is 0 Å². The minimum Gasteiger partial charge on any atom is -0.352 e. The summed E-state index contributed by atoms with van der Waals surface area (Å²) in [4.78, 5) is 14.5. The van der Waals surface area contributed by atoms with Crippen molar-refractivity contribution in [2.24, 2.45) is 11.7 Å². The molecule has 2 rings (SSSR count). The first kappa shape index (κ1) is 13.8. The van der Waals surface area contributed by atoms with Crippen LogP contribution in [-0.2, 0) is 4.79 Å². The standard InChI is InChI=1S/C14H27N3O/c1-11(6-8-15)4-5-14(18)16-12-7-10-17-9-2-3-13(12)17/h11-13H,2-10,15H2,1H3,(H,16,18). The van der Waals surface area contributed by atoms with Crippen LogP contribution in [0, 0.1) is 5.92 Å². The number of hydrogen-bond donors (Lipinski definition) is 2. The fourth-order valence-electron chi connectivity index (χ4n) is 3.34. The van der Waals surface area contributed by atoms with Gasteiger partial charge in [0.1, 0.15) is 0 Å². The van der Waals surface area contributed by atoms with E-state index in [0.29, 0.717) is 24.4 Å².